The average Bonchev–Trinajstić information content (AvgIpc) is 3.33. The summed E-state index contributed by atoms with van der Waals surface area (Å²) in [6.07, 6.45) is 1.56. The van der Waals surface area contributed by atoms with E-state index in [1.54, 1.807) is 12.1 Å². The van der Waals surface area contributed by atoms with E-state index in [4.69, 9.17) is 0 Å². The SMILES string of the molecule is Cc1ccc(-c2nc(C)c(C(=O)Nc3ccc(S(=O)(=O)/N=C4/CCCN4C)cc3)s2)c(C)c1. The van der Waals surface area contributed by atoms with Gasteiger partial charge in [0, 0.05) is 31.3 Å². The van der Waals surface area contributed by atoms with Gasteiger partial charge >= 0.3 is 0 Å². The fourth-order valence-corrected chi connectivity index (χ4v) is 5.92. The number of amidine groups is 1. The first-order chi connectivity index (χ1) is 15.6. The number of sulfonamides is 1. The van der Waals surface area contributed by atoms with Crippen LogP contribution in [0, 0.1) is 20.8 Å². The summed E-state index contributed by atoms with van der Waals surface area (Å²) in [5.41, 5.74) is 4.46. The van der Waals surface area contributed by atoms with E-state index in [0.717, 1.165) is 29.1 Å². The number of thiazole rings is 1. The predicted molar refractivity (Wildman–Crippen MR) is 133 cm³/mol. The minimum absolute atomic E-state index is 0.0967. The van der Waals surface area contributed by atoms with Gasteiger partial charge in [0.25, 0.3) is 15.9 Å². The third kappa shape index (κ3) is 4.99. The lowest BCUT2D eigenvalue weighted by molar-refractivity contribution is 0.103. The van der Waals surface area contributed by atoms with Crippen molar-refractivity contribution in [1.29, 1.82) is 0 Å². The molecule has 0 unspecified atom stereocenters. The van der Waals surface area contributed by atoms with Crippen molar-refractivity contribution in [2.45, 2.75) is 38.5 Å². The van der Waals surface area contributed by atoms with Crippen LogP contribution in [0.1, 0.15) is 39.3 Å². The maximum Gasteiger partial charge on any atom is 0.283 e. The Morgan fingerprint density at radius 2 is 1.85 bits per heavy atom. The van der Waals surface area contributed by atoms with Gasteiger partial charge in [-0.3, -0.25) is 4.79 Å². The Bertz CT molecular complexity index is 1340. The van der Waals surface area contributed by atoms with E-state index in [2.05, 4.69) is 20.8 Å². The van der Waals surface area contributed by atoms with E-state index in [1.165, 1.54) is 29.0 Å². The van der Waals surface area contributed by atoms with Gasteiger partial charge in [0.05, 0.1) is 10.6 Å². The fourth-order valence-electron chi connectivity index (χ4n) is 3.77. The van der Waals surface area contributed by atoms with Crippen molar-refractivity contribution in [2.75, 3.05) is 18.9 Å². The second-order valence-corrected chi connectivity index (χ2v) is 10.8. The molecule has 1 saturated heterocycles. The highest BCUT2D eigenvalue weighted by Crippen LogP contribution is 2.31. The maximum absolute atomic E-state index is 12.9. The molecule has 0 bridgehead atoms. The third-order valence-corrected chi connectivity index (χ3v) is 8.09. The Labute approximate surface area is 198 Å². The van der Waals surface area contributed by atoms with Crippen LogP contribution < -0.4 is 5.32 Å². The molecule has 0 atom stereocenters. The van der Waals surface area contributed by atoms with Crippen LogP contribution in [0.5, 0.6) is 0 Å². The molecule has 2 heterocycles. The zero-order valence-corrected chi connectivity index (χ0v) is 20.7. The number of nitrogens with one attached hydrogen (secondary N) is 1. The van der Waals surface area contributed by atoms with Gasteiger partial charge in [-0.25, -0.2) is 4.98 Å². The smallest absolute Gasteiger partial charge is 0.283 e. The van der Waals surface area contributed by atoms with Gasteiger partial charge in [-0.05, 0) is 57.0 Å². The van der Waals surface area contributed by atoms with Gasteiger partial charge in [0.15, 0.2) is 0 Å². The molecular formula is C24H26N4O3S2. The van der Waals surface area contributed by atoms with Gasteiger partial charge in [0.1, 0.15) is 15.7 Å². The highest BCUT2D eigenvalue weighted by molar-refractivity contribution is 7.90. The van der Waals surface area contributed by atoms with Crippen molar-refractivity contribution in [3.8, 4) is 10.6 Å². The van der Waals surface area contributed by atoms with Crippen molar-refractivity contribution < 1.29 is 13.2 Å². The molecule has 1 fully saturated rings. The molecule has 0 radical (unpaired) electrons. The molecule has 1 N–H and O–H groups in total. The first kappa shape index (κ1) is 23.1. The zero-order valence-electron chi connectivity index (χ0n) is 19.0. The molecule has 4 rings (SSSR count). The number of likely N-dealkylation sites (tertiary alicyclic amines) is 1. The predicted octanol–water partition coefficient (Wildman–Crippen LogP) is 4.80. The van der Waals surface area contributed by atoms with E-state index < -0.39 is 10.0 Å². The molecule has 0 saturated carbocycles. The average molecular weight is 483 g/mol. The minimum Gasteiger partial charge on any atom is -0.362 e. The number of rotatable bonds is 5. The number of aromatic nitrogens is 1. The van der Waals surface area contributed by atoms with Crippen LogP contribution in [0.25, 0.3) is 10.6 Å². The second kappa shape index (κ2) is 9.07. The summed E-state index contributed by atoms with van der Waals surface area (Å²) < 4.78 is 29.2. The number of nitrogens with zero attached hydrogens (tertiary/aromatic N) is 3. The molecule has 1 aliphatic heterocycles. The number of carbonyl (C=O) groups is 1. The number of benzene rings is 2. The Hall–Kier alpha value is -3.04. The number of amides is 1. The van der Waals surface area contributed by atoms with Crippen LogP contribution in [0.2, 0.25) is 0 Å². The Morgan fingerprint density at radius 1 is 1.12 bits per heavy atom. The quantitative estimate of drug-likeness (QED) is 0.564. The molecule has 0 spiro atoms. The van der Waals surface area contributed by atoms with Gasteiger partial charge in [0.2, 0.25) is 0 Å². The normalized spacial score (nSPS) is 15.3. The maximum atomic E-state index is 12.9. The van der Waals surface area contributed by atoms with Gasteiger partial charge in [-0.15, -0.1) is 15.7 Å². The molecule has 33 heavy (non-hydrogen) atoms. The van der Waals surface area contributed by atoms with Gasteiger partial charge in [-0.1, -0.05) is 23.8 Å². The summed E-state index contributed by atoms with van der Waals surface area (Å²) in [6, 6.07) is 12.2. The molecule has 1 aromatic heterocycles. The van der Waals surface area contributed by atoms with Gasteiger partial charge in [-0.2, -0.15) is 8.42 Å². The molecule has 172 valence electrons. The largest absolute Gasteiger partial charge is 0.362 e. The molecule has 1 aliphatic rings. The van der Waals surface area contributed by atoms with Crippen molar-refractivity contribution >= 4 is 38.8 Å². The number of carbonyl (C=O) groups excluding carboxylic acids is 1. The number of anilines is 1. The Morgan fingerprint density at radius 3 is 2.48 bits per heavy atom. The van der Waals surface area contributed by atoms with Crippen LogP contribution >= 0.6 is 11.3 Å². The zero-order chi connectivity index (χ0) is 23.8. The van der Waals surface area contributed by atoms with Crippen molar-refractivity contribution in [1.82, 2.24) is 9.88 Å². The molecule has 0 aliphatic carbocycles. The van der Waals surface area contributed by atoms with E-state index in [1.807, 2.05) is 44.9 Å². The minimum atomic E-state index is -3.79. The van der Waals surface area contributed by atoms with E-state index >= 15 is 0 Å². The Kier molecular flexibility index (Phi) is 6.36. The summed E-state index contributed by atoms with van der Waals surface area (Å²) in [6.45, 7) is 6.69. The van der Waals surface area contributed by atoms with Gasteiger partial charge < -0.3 is 10.2 Å². The van der Waals surface area contributed by atoms with Crippen molar-refractivity contribution in [3.63, 3.8) is 0 Å². The monoisotopic (exact) mass is 482 g/mol. The molecular weight excluding hydrogens is 456 g/mol. The molecule has 2 aromatic carbocycles. The molecule has 9 heteroatoms. The standard InChI is InChI=1S/C24H26N4O3S2/c1-15-7-12-20(16(2)14-15)24-25-17(3)22(32-24)23(29)26-18-8-10-19(11-9-18)33(30,31)27-21-6-5-13-28(21)4/h7-12,14H,5-6,13H2,1-4H3,(H,26,29)/b27-21-. The number of hydrogen-bond donors (Lipinski definition) is 1. The lowest BCUT2D eigenvalue weighted by Gasteiger charge is -2.11. The van der Waals surface area contributed by atoms with E-state index in [0.29, 0.717) is 28.5 Å². The fraction of sp³-hybridized carbons (Fsp3) is 0.292. The lowest BCUT2D eigenvalue weighted by Crippen LogP contribution is -2.20. The topological polar surface area (TPSA) is 91.7 Å². The first-order valence-corrected chi connectivity index (χ1v) is 12.9. The van der Waals surface area contributed by atoms with Crippen LogP contribution in [0.3, 0.4) is 0 Å². The number of aryl methyl sites for hydroxylation is 3. The van der Waals surface area contributed by atoms with E-state index in [-0.39, 0.29) is 10.8 Å². The van der Waals surface area contributed by atoms with Crippen molar-refractivity contribution in [2.24, 2.45) is 4.40 Å². The number of hydrogen-bond acceptors (Lipinski definition) is 5. The van der Waals surface area contributed by atoms with Crippen LogP contribution in [-0.4, -0.2) is 43.6 Å². The van der Waals surface area contributed by atoms with Crippen LogP contribution in [0.4, 0.5) is 5.69 Å². The second-order valence-electron chi connectivity index (χ2n) is 8.24. The highest BCUT2D eigenvalue weighted by Gasteiger charge is 2.21. The summed E-state index contributed by atoms with van der Waals surface area (Å²) in [7, 11) is -1.95. The highest BCUT2D eigenvalue weighted by atomic mass is 32.2. The molecule has 3 aromatic rings. The third-order valence-electron chi connectivity index (χ3n) is 5.59. The van der Waals surface area contributed by atoms with Crippen LogP contribution in [0.15, 0.2) is 51.8 Å². The Balaban J connectivity index is 1.51. The lowest BCUT2D eigenvalue weighted by atomic mass is 10.1. The molecule has 7 nitrogen and oxygen atoms in total. The summed E-state index contributed by atoms with van der Waals surface area (Å²) in [5.74, 6) is 0.303. The van der Waals surface area contributed by atoms with Crippen LogP contribution in [-0.2, 0) is 10.0 Å². The van der Waals surface area contributed by atoms with E-state index in [9.17, 15) is 13.2 Å². The summed E-state index contributed by atoms with van der Waals surface area (Å²) >= 11 is 1.34. The first-order valence-electron chi connectivity index (χ1n) is 10.7. The van der Waals surface area contributed by atoms with Crippen molar-refractivity contribution in [3.05, 3.63) is 64.2 Å². The summed E-state index contributed by atoms with van der Waals surface area (Å²) in [4.78, 5) is 20.0. The molecule has 1 amide bonds. The summed E-state index contributed by atoms with van der Waals surface area (Å²) in [5, 5.41) is 3.64.